The van der Waals surface area contributed by atoms with Crippen LogP contribution < -0.4 is 10.1 Å². The third-order valence-electron chi connectivity index (χ3n) is 3.16. The van der Waals surface area contributed by atoms with Gasteiger partial charge in [0.25, 0.3) is 0 Å². The molecule has 1 atom stereocenters. The number of rotatable bonds is 5. The van der Waals surface area contributed by atoms with Gasteiger partial charge in [0, 0.05) is 24.8 Å². The number of aryl methyl sites for hydroxylation is 1. The molecule has 1 aliphatic rings. The molecule has 0 spiro atoms. The van der Waals surface area contributed by atoms with Crippen molar-refractivity contribution in [3.05, 3.63) is 11.8 Å². The van der Waals surface area contributed by atoms with E-state index in [9.17, 15) is 0 Å². The molecule has 0 radical (unpaired) electrons. The standard InChI is InChI=1S/C13H22N4O/c1-4-18-12-7-10(2)15-13(16-12)14-8-11-5-6-17(3)9-11/h7,11H,4-6,8-9H2,1-3H3,(H,14,15,16). The monoisotopic (exact) mass is 250 g/mol. The summed E-state index contributed by atoms with van der Waals surface area (Å²) in [5, 5.41) is 3.32. The second kappa shape index (κ2) is 6.00. The van der Waals surface area contributed by atoms with Crippen LogP contribution in [0.2, 0.25) is 0 Å². The summed E-state index contributed by atoms with van der Waals surface area (Å²) in [6, 6.07) is 1.86. The summed E-state index contributed by atoms with van der Waals surface area (Å²) < 4.78 is 5.42. The van der Waals surface area contributed by atoms with Crippen LogP contribution in [0.4, 0.5) is 5.95 Å². The zero-order valence-electron chi connectivity index (χ0n) is 11.4. The third kappa shape index (κ3) is 3.57. The minimum absolute atomic E-state index is 0.628. The van der Waals surface area contributed by atoms with Gasteiger partial charge < -0.3 is 15.0 Å². The molecule has 2 heterocycles. The quantitative estimate of drug-likeness (QED) is 0.859. The third-order valence-corrected chi connectivity index (χ3v) is 3.16. The first-order valence-corrected chi connectivity index (χ1v) is 6.58. The molecular formula is C13H22N4O. The van der Waals surface area contributed by atoms with E-state index in [2.05, 4.69) is 27.2 Å². The number of likely N-dealkylation sites (tertiary alicyclic amines) is 1. The number of hydrogen-bond acceptors (Lipinski definition) is 5. The predicted molar refractivity (Wildman–Crippen MR) is 72.0 cm³/mol. The largest absolute Gasteiger partial charge is 0.478 e. The van der Waals surface area contributed by atoms with Gasteiger partial charge in [-0.1, -0.05) is 0 Å². The number of nitrogens with one attached hydrogen (secondary N) is 1. The van der Waals surface area contributed by atoms with Crippen LogP contribution in [-0.2, 0) is 0 Å². The fourth-order valence-corrected chi connectivity index (χ4v) is 2.27. The average Bonchev–Trinajstić information content (AvgIpc) is 2.72. The average molecular weight is 250 g/mol. The fourth-order valence-electron chi connectivity index (χ4n) is 2.27. The molecule has 1 aromatic rings. The fraction of sp³-hybridized carbons (Fsp3) is 0.692. The molecule has 0 aliphatic carbocycles. The molecular weight excluding hydrogens is 228 g/mol. The Bertz CT molecular complexity index is 397. The molecule has 18 heavy (non-hydrogen) atoms. The highest BCUT2D eigenvalue weighted by atomic mass is 16.5. The number of hydrogen-bond donors (Lipinski definition) is 1. The summed E-state index contributed by atoms with van der Waals surface area (Å²) in [5.41, 5.74) is 0.930. The van der Waals surface area contributed by atoms with Crippen LogP contribution in [0, 0.1) is 12.8 Å². The highest BCUT2D eigenvalue weighted by molar-refractivity contribution is 5.30. The van der Waals surface area contributed by atoms with Gasteiger partial charge in [0.05, 0.1) is 6.61 Å². The Balaban J connectivity index is 1.92. The van der Waals surface area contributed by atoms with Gasteiger partial charge in [-0.3, -0.25) is 0 Å². The van der Waals surface area contributed by atoms with E-state index in [1.54, 1.807) is 0 Å². The predicted octanol–water partition coefficient (Wildman–Crippen LogP) is 1.55. The van der Waals surface area contributed by atoms with Crippen LogP contribution in [-0.4, -0.2) is 48.2 Å². The van der Waals surface area contributed by atoms with Gasteiger partial charge in [-0.2, -0.15) is 4.98 Å². The Kier molecular flexibility index (Phi) is 4.36. The Labute approximate surface area is 109 Å². The molecule has 1 unspecified atom stereocenters. The second-order valence-electron chi connectivity index (χ2n) is 4.90. The minimum Gasteiger partial charge on any atom is -0.478 e. The van der Waals surface area contributed by atoms with Crippen molar-refractivity contribution in [3.8, 4) is 5.88 Å². The Morgan fingerprint density at radius 2 is 2.33 bits per heavy atom. The first-order valence-electron chi connectivity index (χ1n) is 6.58. The Morgan fingerprint density at radius 1 is 1.50 bits per heavy atom. The van der Waals surface area contributed by atoms with Crippen molar-refractivity contribution in [2.24, 2.45) is 5.92 Å². The maximum absolute atomic E-state index is 5.42. The van der Waals surface area contributed by atoms with Crippen LogP contribution in [0.5, 0.6) is 5.88 Å². The van der Waals surface area contributed by atoms with Gasteiger partial charge in [0.1, 0.15) is 0 Å². The summed E-state index contributed by atoms with van der Waals surface area (Å²) in [6.45, 7) is 7.81. The zero-order valence-corrected chi connectivity index (χ0v) is 11.4. The molecule has 1 fully saturated rings. The summed E-state index contributed by atoms with van der Waals surface area (Å²) >= 11 is 0. The summed E-state index contributed by atoms with van der Waals surface area (Å²) in [4.78, 5) is 11.1. The van der Waals surface area contributed by atoms with E-state index >= 15 is 0 Å². The second-order valence-corrected chi connectivity index (χ2v) is 4.90. The lowest BCUT2D eigenvalue weighted by atomic mass is 10.1. The topological polar surface area (TPSA) is 50.3 Å². The molecule has 100 valence electrons. The van der Waals surface area contributed by atoms with Crippen LogP contribution in [0.15, 0.2) is 6.07 Å². The van der Waals surface area contributed by atoms with Gasteiger partial charge >= 0.3 is 0 Å². The molecule has 0 aromatic carbocycles. The first kappa shape index (κ1) is 13.1. The van der Waals surface area contributed by atoms with Crippen LogP contribution in [0.25, 0.3) is 0 Å². The van der Waals surface area contributed by atoms with Gasteiger partial charge in [-0.05, 0) is 39.8 Å². The number of anilines is 1. The summed E-state index contributed by atoms with van der Waals surface area (Å²) in [7, 11) is 2.16. The molecule has 0 saturated carbocycles. The van der Waals surface area contributed by atoms with E-state index in [1.807, 2.05) is 19.9 Å². The normalized spacial score (nSPS) is 20.1. The van der Waals surface area contributed by atoms with Crippen LogP contribution >= 0.6 is 0 Å². The van der Waals surface area contributed by atoms with E-state index in [4.69, 9.17) is 4.74 Å². The number of aromatic nitrogens is 2. The molecule has 1 saturated heterocycles. The highest BCUT2D eigenvalue weighted by Gasteiger charge is 2.19. The minimum atomic E-state index is 0.628. The summed E-state index contributed by atoms with van der Waals surface area (Å²) in [6.07, 6.45) is 1.24. The number of nitrogens with zero attached hydrogens (tertiary/aromatic N) is 3. The van der Waals surface area contributed by atoms with E-state index in [0.29, 0.717) is 24.4 Å². The van der Waals surface area contributed by atoms with Gasteiger partial charge in [0.2, 0.25) is 11.8 Å². The van der Waals surface area contributed by atoms with E-state index in [0.717, 1.165) is 18.8 Å². The van der Waals surface area contributed by atoms with Crippen molar-refractivity contribution in [1.82, 2.24) is 14.9 Å². The van der Waals surface area contributed by atoms with Crippen LogP contribution in [0.1, 0.15) is 19.0 Å². The molecule has 0 amide bonds. The van der Waals surface area contributed by atoms with Crippen molar-refractivity contribution >= 4 is 5.95 Å². The van der Waals surface area contributed by atoms with Gasteiger partial charge in [0.15, 0.2) is 0 Å². The van der Waals surface area contributed by atoms with Crippen molar-refractivity contribution in [2.45, 2.75) is 20.3 Å². The van der Waals surface area contributed by atoms with Crippen LogP contribution in [0.3, 0.4) is 0 Å². The van der Waals surface area contributed by atoms with E-state index in [-0.39, 0.29) is 0 Å². The summed E-state index contributed by atoms with van der Waals surface area (Å²) in [5.74, 6) is 2.01. The molecule has 1 aliphatic heterocycles. The molecule has 1 N–H and O–H groups in total. The lowest BCUT2D eigenvalue weighted by Crippen LogP contribution is -2.20. The van der Waals surface area contributed by atoms with Crippen molar-refractivity contribution in [1.29, 1.82) is 0 Å². The number of ether oxygens (including phenoxy) is 1. The Hall–Kier alpha value is -1.36. The molecule has 0 bridgehead atoms. The molecule has 2 rings (SSSR count). The lowest BCUT2D eigenvalue weighted by molar-refractivity contribution is 0.326. The van der Waals surface area contributed by atoms with Gasteiger partial charge in [-0.15, -0.1) is 0 Å². The SMILES string of the molecule is CCOc1cc(C)nc(NCC2CCN(C)C2)n1. The first-order chi connectivity index (χ1) is 8.67. The Morgan fingerprint density at radius 3 is 3.00 bits per heavy atom. The van der Waals surface area contributed by atoms with E-state index < -0.39 is 0 Å². The molecule has 5 nitrogen and oxygen atoms in total. The highest BCUT2D eigenvalue weighted by Crippen LogP contribution is 2.16. The lowest BCUT2D eigenvalue weighted by Gasteiger charge is -2.12. The maximum atomic E-state index is 5.42. The molecule has 5 heteroatoms. The van der Waals surface area contributed by atoms with Crippen molar-refractivity contribution in [2.75, 3.05) is 38.6 Å². The molecule has 1 aromatic heterocycles. The van der Waals surface area contributed by atoms with Crippen molar-refractivity contribution in [3.63, 3.8) is 0 Å². The van der Waals surface area contributed by atoms with Crippen molar-refractivity contribution < 1.29 is 4.74 Å². The van der Waals surface area contributed by atoms with Gasteiger partial charge in [-0.25, -0.2) is 4.98 Å². The maximum Gasteiger partial charge on any atom is 0.226 e. The smallest absolute Gasteiger partial charge is 0.226 e. The zero-order chi connectivity index (χ0) is 13.0. The van der Waals surface area contributed by atoms with E-state index in [1.165, 1.54) is 13.0 Å².